The van der Waals surface area contributed by atoms with Gasteiger partial charge in [0.25, 0.3) is 5.91 Å². The summed E-state index contributed by atoms with van der Waals surface area (Å²) in [6.07, 6.45) is 4.64. The summed E-state index contributed by atoms with van der Waals surface area (Å²) in [5, 5.41) is 16.4. The molecule has 8 nitrogen and oxygen atoms in total. The Morgan fingerprint density at radius 3 is 2.64 bits per heavy atom. The molecule has 1 heterocycles. The van der Waals surface area contributed by atoms with E-state index in [2.05, 4.69) is 10.5 Å². The number of hydrogen-bond donors (Lipinski definition) is 2. The fourth-order valence-corrected chi connectivity index (χ4v) is 3.77. The maximum absolute atomic E-state index is 13.0. The quantitative estimate of drug-likeness (QED) is 0.741. The molecule has 2 aliphatic rings. The van der Waals surface area contributed by atoms with Crippen LogP contribution in [0.1, 0.15) is 50.5 Å². The molecule has 0 saturated heterocycles. The van der Waals surface area contributed by atoms with Crippen molar-refractivity contribution in [2.75, 3.05) is 14.2 Å². The third kappa shape index (κ3) is 4.21. The maximum Gasteiger partial charge on any atom is 0.308 e. The summed E-state index contributed by atoms with van der Waals surface area (Å²) >= 11 is 0. The minimum absolute atomic E-state index is 0.0430. The molecule has 0 bridgehead atoms. The lowest BCUT2D eigenvalue weighted by molar-refractivity contribution is -0.156. The first-order chi connectivity index (χ1) is 13.5. The minimum atomic E-state index is -1.56. The molecule has 1 aromatic rings. The molecule has 1 fully saturated rings. The van der Waals surface area contributed by atoms with Crippen LogP contribution in [-0.2, 0) is 14.4 Å². The number of oxime groups is 1. The van der Waals surface area contributed by atoms with Crippen LogP contribution in [0.25, 0.3) is 0 Å². The van der Waals surface area contributed by atoms with Crippen LogP contribution in [0.15, 0.2) is 23.4 Å². The summed E-state index contributed by atoms with van der Waals surface area (Å²) in [5.74, 6) is -0.405. The molecule has 1 amide bonds. The van der Waals surface area contributed by atoms with Crippen LogP contribution in [0, 0.1) is 0 Å². The molecule has 2 N–H and O–H groups in total. The van der Waals surface area contributed by atoms with Crippen LogP contribution in [0.3, 0.4) is 0 Å². The lowest BCUT2D eigenvalue weighted by Gasteiger charge is -2.29. The van der Waals surface area contributed by atoms with E-state index in [4.69, 9.17) is 14.3 Å². The van der Waals surface area contributed by atoms with E-state index in [1.165, 1.54) is 7.11 Å². The number of carbonyl (C=O) groups excluding carboxylic acids is 1. The highest BCUT2D eigenvalue weighted by Gasteiger charge is 2.49. The smallest absolute Gasteiger partial charge is 0.308 e. The predicted octanol–water partition coefficient (Wildman–Crippen LogP) is 2.49. The summed E-state index contributed by atoms with van der Waals surface area (Å²) in [7, 11) is 3.08. The molecular formula is C20H26N2O6. The first-order valence-electron chi connectivity index (χ1n) is 9.47. The van der Waals surface area contributed by atoms with Gasteiger partial charge in [0.2, 0.25) is 5.60 Å². The number of aliphatic carboxylic acids is 1. The van der Waals surface area contributed by atoms with Gasteiger partial charge in [-0.1, -0.05) is 24.4 Å². The molecule has 0 unspecified atom stereocenters. The predicted molar refractivity (Wildman–Crippen MR) is 102 cm³/mol. The van der Waals surface area contributed by atoms with Crippen LogP contribution in [0.4, 0.5) is 0 Å². The number of rotatable bonds is 7. The summed E-state index contributed by atoms with van der Waals surface area (Å²) in [5.41, 5.74) is -0.498. The minimum Gasteiger partial charge on any atom is -0.497 e. The molecule has 1 atom stereocenters. The molecule has 0 spiro atoms. The Morgan fingerprint density at radius 1 is 1.25 bits per heavy atom. The molecule has 1 saturated carbocycles. The molecule has 28 heavy (non-hydrogen) atoms. The van der Waals surface area contributed by atoms with Gasteiger partial charge in [-0.05, 0) is 31.0 Å². The van der Waals surface area contributed by atoms with E-state index in [9.17, 15) is 14.7 Å². The van der Waals surface area contributed by atoms with Crippen molar-refractivity contribution in [1.82, 2.24) is 5.32 Å². The maximum atomic E-state index is 13.0. The number of hydrogen-bond acceptors (Lipinski definition) is 6. The van der Waals surface area contributed by atoms with Crippen molar-refractivity contribution in [2.45, 2.75) is 56.6 Å². The second-order valence-corrected chi connectivity index (χ2v) is 7.25. The van der Waals surface area contributed by atoms with E-state index in [1.54, 1.807) is 25.3 Å². The lowest BCUT2D eigenvalue weighted by atomic mass is 9.88. The van der Waals surface area contributed by atoms with Crippen molar-refractivity contribution >= 4 is 17.6 Å². The van der Waals surface area contributed by atoms with Crippen LogP contribution >= 0.6 is 0 Å². The SMILES string of the molecule is COc1ccc(OC)c(C2=NO[C@@](CC(=O)O)(C(=O)NC3CCCCC3)C2)c1. The van der Waals surface area contributed by atoms with Gasteiger partial charge in [-0.25, -0.2) is 0 Å². The van der Waals surface area contributed by atoms with E-state index >= 15 is 0 Å². The molecule has 152 valence electrons. The average molecular weight is 390 g/mol. The number of carboxylic acids is 1. The molecule has 1 aliphatic carbocycles. The van der Waals surface area contributed by atoms with Crippen LogP contribution in [0.5, 0.6) is 11.5 Å². The van der Waals surface area contributed by atoms with Crippen molar-refractivity contribution in [3.63, 3.8) is 0 Å². The van der Waals surface area contributed by atoms with E-state index < -0.39 is 23.9 Å². The average Bonchev–Trinajstić information content (AvgIpc) is 3.12. The molecule has 3 rings (SSSR count). The first kappa shape index (κ1) is 20.0. The topological polar surface area (TPSA) is 106 Å². The monoisotopic (exact) mass is 390 g/mol. The van der Waals surface area contributed by atoms with E-state index in [0.717, 1.165) is 32.1 Å². The van der Waals surface area contributed by atoms with Crippen LogP contribution in [0.2, 0.25) is 0 Å². The van der Waals surface area contributed by atoms with Crippen molar-refractivity contribution in [1.29, 1.82) is 0 Å². The highest BCUT2D eigenvalue weighted by atomic mass is 16.7. The second-order valence-electron chi connectivity index (χ2n) is 7.25. The van der Waals surface area contributed by atoms with Gasteiger partial charge in [0, 0.05) is 18.0 Å². The van der Waals surface area contributed by atoms with Crippen molar-refractivity contribution < 1.29 is 29.0 Å². The molecule has 8 heteroatoms. The van der Waals surface area contributed by atoms with Gasteiger partial charge in [0.15, 0.2) is 0 Å². The van der Waals surface area contributed by atoms with Gasteiger partial charge in [-0.3, -0.25) is 9.59 Å². The number of carboxylic acid groups (broad SMARTS) is 1. The van der Waals surface area contributed by atoms with Crippen LogP contribution in [-0.4, -0.2) is 48.6 Å². The van der Waals surface area contributed by atoms with E-state index in [0.29, 0.717) is 22.8 Å². The Hall–Kier alpha value is -2.77. The largest absolute Gasteiger partial charge is 0.497 e. The third-order valence-electron chi connectivity index (χ3n) is 5.29. The number of nitrogens with one attached hydrogen (secondary N) is 1. The van der Waals surface area contributed by atoms with E-state index in [-0.39, 0.29) is 12.5 Å². The Kier molecular flexibility index (Phi) is 6.06. The zero-order chi connectivity index (χ0) is 20.1. The van der Waals surface area contributed by atoms with Crippen molar-refractivity contribution in [3.05, 3.63) is 23.8 Å². The number of nitrogens with zero attached hydrogens (tertiary/aromatic N) is 1. The van der Waals surface area contributed by atoms with Gasteiger partial charge < -0.3 is 24.7 Å². The Labute approximate surface area is 163 Å². The van der Waals surface area contributed by atoms with Gasteiger partial charge in [0.05, 0.1) is 26.4 Å². The zero-order valence-electron chi connectivity index (χ0n) is 16.2. The van der Waals surface area contributed by atoms with Gasteiger partial charge in [-0.2, -0.15) is 0 Å². The molecule has 1 aromatic carbocycles. The molecule has 1 aliphatic heterocycles. The van der Waals surface area contributed by atoms with Crippen molar-refractivity contribution in [3.8, 4) is 11.5 Å². The Morgan fingerprint density at radius 2 is 2.00 bits per heavy atom. The number of benzene rings is 1. The molecule has 0 radical (unpaired) electrons. The number of carbonyl (C=O) groups is 2. The first-order valence-corrected chi connectivity index (χ1v) is 9.47. The van der Waals surface area contributed by atoms with Gasteiger partial charge in [0.1, 0.15) is 11.5 Å². The fourth-order valence-electron chi connectivity index (χ4n) is 3.77. The Bertz CT molecular complexity index is 772. The number of methoxy groups -OCH3 is 2. The molecule has 0 aromatic heterocycles. The highest BCUT2D eigenvalue weighted by molar-refractivity contribution is 6.08. The van der Waals surface area contributed by atoms with Crippen LogP contribution < -0.4 is 14.8 Å². The Balaban J connectivity index is 1.83. The third-order valence-corrected chi connectivity index (χ3v) is 5.29. The zero-order valence-corrected chi connectivity index (χ0v) is 16.2. The normalized spacial score (nSPS) is 22.1. The summed E-state index contributed by atoms with van der Waals surface area (Å²) in [6, 6.07) is 5.26. The number of amides is 1. The molecular weight excluding hydrogens is 364 g/mol. The summed E-state index contributed by atoms with van der Waals surface area (Å²) in [6.45, 7) is 0. The summed E-state index contributed by atoms with van der Waals surface area (Å²) < 4.78 is 10.6. The highest BCUT2D eigenvalue weighted by Crippen LogP contribution is 2.35. The van der Waals surface area contributed by atoms with Crippen molar-refractivity contribution in [2.24, 2.45) is 5.16 Å². The van der Waals surface area contributed by atoms with E-state index in [1.807, 2.05) is 0 Å². The fraction of sp³-hybridized carbons (Fsp3) is 0.550. The summed E-state index contributed by atoms with van der Waals surface area (Å²) in [4.78, 5) is 30.0. The number of ether oxygens (including phenoxy) is 2. The van der Waals surface area contributed by atoms with Gasteiger partial charge in [-0.15, -0.1) is 0 Å². The standard InChI is InChI=1S/C20H26N2O6/c1-26-14-8-9-17(27-2)15(10-14)16-11-20(28-22-16,12-18(23)24)19(25)21-13-6-4-3-5-7-13/h8-10,13H,3-7,11-12H2,1-2H3,(H,21,25)(H,23,24)/t20-/m0/s1. The van der Waals surface area contributed by atoms with Gasteiger partial charge >= 0.3 is 5.97 Å². The second kappa shape index (κ2) is 8.50. The lowest BCUT2D eigenvalue weighted by Crippen LogP contribution is -2.52.